The Labute approximate surface area is 120 Å². The Morgan fingerprint density at radius 3 is 2.90 bits per heavy atom. The van der Waals surface area contributed by atoms with Crippen molar-refractivity contribution in [3.05, 3.63) is 34.9 Å². The van der Waals surface area contributed by atoms with Crippen LogP contribution in [0.4, 0.5) is 0 Å². The van der Waals surface area contributed by atoms with Gasteiger partial charge in [-0.1, -0.05) is 24.8 Å². The van der Waals surface area contributed by atoms with Crippen molar-refractivity contribution < 1.29 is 14.6 Å². The molecule has 1 aromatic carbocycles. The summed E-state index contributed by atoms with van der Waals surface area (Å²) in [6.07, 6.45) is 0. The SMILES string of the molecule is COCC(C)CNC(=O)c1cccc(C#CCO)c1C. The number of amides is 1. The summed E-state index contributed by atoms with van der Waals surface area (Å²) in [5, 5.41) is 11.6. The molecule has 0 bridgehead atoms. The number of hydrogen-bond donors (Lipinski definition) is 2. The zero-order chi connectivity index (χ0) is 15.0. The van der Waals surface area contributed by atoms with Crippen molar-refractivity contribution in [3.63, 3.8) is 0 Å². The quantitative estimate of drug-likeness (QED) is 0.798. The van der Waals surface area contributed by atoms with Gasteiger partial charge >= 0.3 is 0 Å². The topological polar surface area (TPSA) is 58.6 Å². The van der Waals surface area contributed by atoms with Crippen LogP contribution in [0.15, 0.2) is 18.2 Å². The number of rotatable bonds is 5. The predicted octanol–water partition coefficient (Wildman–Crippen LogP) is 1.35. The number of hydrogen-bond acceptors (Lipinski definition) is 3. The lowest BCUT2D eigenvalue weighted by Gasteiger charge is -2.13. The molecule has 0 aliphatic carbocycles. The first kappa shape index (κ1) is 16.2. The van der Waals surface area contributed by atoms with Crippen molar-refractivity contribution in [2.45, 2.75) is 13.8 Å². The molecule has 0 spiro atoms. The molecule has 0 fully saturated rings. The van der Waals surface area contributed by atoms with E-state index < -0.39 is 0 Å². The van der Waals surface area contributed by atoms with Crippen LogP contribution in [0.1, 0.15) is 28.4 Å². The molecule has 1 aromatic rings. The second-order valence-electron chi connectivity index (χ2n) is 4.71. The highest BCUT2D eigenvalue weighted by molar-refractivity contribution is 5.96. The summed E-state index contributed by atoms with van der Waals surface area (Å²) in [6.45, 7) is 4.86. The van der Waals surface area contributed by atoms with Crippen molar-refractivity contribution in [1.82, 2.24) is 5.32 Å². The fourth-order valence-corrected chi connectivity index (χ4v) is 1.86. The number of ether oxygens (including phenoxy) is 1. The van der Waals surface area contributed by atoms with Crippen LogP contribution < -0.4 is 5.32 Å². The predicted molar refractivity (Wildman–Crippen MR) is 78.5 cm³/mol. The van der Waals surface area contributed by atoms with Gasteiger partial charge in [-0.25, -0.2) is 0 Å². The van der Waals surface area contributed by atoms with E-state index in [0.29, 0.717) is 18.7 Å². The van der Waals surface area contributed by atoms with E-state index >= 15 is 0 Å². The molecule has 1 rings (SSSR count). The van der Waals surface area contributed by atoms with E-state index in [1.54, 1.807) is 19.2 Å². The number of aliphatic hydroxyl groups excluding tert-OH is 1. The van der Waals surface area contributed by atoms with Gasteiger partial charge in [0.05, 0.1) is 6.61 Å². The van der Waals surface area contributed by atoms with Gasteiger partial charge in [0.15, 0.2) is 0 Å². The molecule has 0 radical (unpaired) electrons. The summed E-state index contributed by atoms with van der Waals surface area (Å²) < 4.78 is 5.04. The highest BCUT2D eigenvalue weighted by Crippen LogP contribution is 2.13. The van der Waals surface area contributed by atoms with Gasteiger partial charge in [-0.2, -0.15) is 0 Å². The summed E-state index contributed by atoms with van der Waals surface area (Å²) in [5.41, 5.74) is 2.20. The van der Waals surface area contributed by atoms with Crippen molar-refractivity contribution >= 4 is 5.91 Å². The third-order valence-corrected chi connectivity index (χ3v) is 2.94. The van der Waals surface area contributed by atoms with Crippen molar-refractivity contribution in [2.24, 2.45) is 5.92 Å². The second-order valence-corrected chi connectivity index (χ2v) is 4.71. The molecule has 4 nitrogen and oxygen atoms in total. The molecule has 108 valence electrons. The van der Waals surface area contributed by atoms with Crippen LogP contribution in [0.3, 0.4) is 0 Å². The van der Waals surface area contributed by atoms with E-state index in [-0.39, 0.29) is 18.4 Å². The molecule has 0 aliphatic heterocycles. The third-order valence-electron chi connectivity index (χ3n) is 2.94. The third kappa shape index (κ3) is 4.69. The van der Waals surface area contributed by atoms with Crippen LogP contribution in [-0.4, -0.2) is 37.9 Å². The molecule has 4 heteroatoms. The van der Waals surface area contributed by atoms with Crippen LogP contribution in [0.25, 0.3) is 0 Å². The molecule has 0 aliphatic rings. The standard InChI is InChI=1S/C16H21NO3/c1-12(11-20-3)10-17-16(19)15-8-4-6-14(13(15)2)7-5-9-18/h4,6,8,12,18H,9-11H2,1-3H3,(H,17,19). The molecule has 1 atom stereocenters. The molecule has 0 saturated heterocycles. The van der Waals surface area contributed by atoms with Crippen molar-refractivity contribution in [2.75, 3.05) is 26.9 Å². The van der Waals surface area contributed by atoms with Crippen molar-refractivity contribution in [1.29, 1.82) is 0 Å². The minimum atomic E-state index is -0.190. The first-order chi connectivity index (χ1) is 9.60. The highest BCUT2D eigenvalue weighted by Gasteiger charge is 2.11. The number of aliphatic hydroxyl groups is 1. The normalized spacial score (nSPS) is 11.4. The van der Waals surface area contributed by atoms with Gasteiger partial charge in [-0.3, -0.25) is 4.79 Å². The van der Waals surface area contributed by atoms with Gasteiger partial charge in [-0.15, -0.1) is 0 Å². The maximum atomic E-state index is 12.2. The number of nitrogens with one attached hydrogen (secondary N) is 1. The summed E-state index contributed by atoms with van der Waals surface area (Å²) in [7, 11) is 1.64. The molecule has 2 N–H and O–H groups in total. The zero-order valence-electron chi connectivity index (χ0n) is 12.2. The fourth-order valence-electron chi connectivity index (χ4n) is 1.86. The maximum Gasteiger partial charge on any atom is 0.251 e. The van der Waals surface area contributed by atoms with Crippen LogP contribution in [0.2, 0.25) is 0 Å². The largest absolute Gasteiger partial charge is 0.384 e. The summed E-state index contributed by atoms with van der Waals surface area (Å²) >= 11 is 0. The van der Waals surface area contributed by atoms with E-state index in [1.807, 2.05) is 19.9 Å². The van der Waals surface area contributed by atoms with Gasteiger partial charge < -0.3 is 15.2 Å². The number of carbonyl (C=O) groups excluding carboxylic acids is 1. The van der Waals surface area contributed by atoms with E-state index in [4.69, 9.17) is 9.84 Å². The Morgan fingerprint density at radius 1 is 1.50 bits per heavy atom. The molecule has 1 amide bonds. The second kappa shape index (κ2) is 8.36. The van der Waals surface area contributed by atoms with Gasteiger partial charge in [0.2, 0.25) is 0 Å². The summed E-state index contributed by atoms with van der Waals surface area (Å²) in [5.74, 6) is 5.59. The Hall–Kier alpha value is -1.83. The van der Waals surface area contributed by atoms with Crippen LogP contribution >= 0.6 is 0 Å². The smallest absolute Gasteiger partial charge is 0.251 e. The number of methoxy groups -OCH3 is 1. The lowest BCUT2D eigenvalue weighted by Crippen LogP contribution is -2.30. The Morgan fingerprint density at radius 2 is 2.25 bits per heavy atom. The summed E-state index contributed by atoms with van der Waals surface area (Å²) in [6, 6.07) is 5.40. The minimum Gasteiger partial charge on any atom is -0.384 e. The molecule has 0 saturated carbocycles. The Balaban J connectivity index is 2.78. The molecule has 1 unspecified atom stereocenters. The van der Waals surface area contributed by atoms with E-state index in [9.17, 15) is 4.79 Å². The average molecular weight is 275 g/mol. The fraction of sp³-hybridized carbons (Fsp3) is 0.438. The van der Waals surface area contributed by atoms with E-state index in [1.165, 1.54) is 0 Å². The monoisotopic (exact) mass is 275 g/mol. The summed E-state index contributed by atoms with van der Waals surface area (Å²) in [4.78, 5) is 12.2. The molecular weight excluding hydrogens is 254 g/mol. The minimum absolute atomic E-state index is 0.113. The highest BCUT2D eigenvalue weighted by atomic mass is 16.5. The van der Waals surface area contributed by atoms with Crippen LogP contribution in [-0.2, 0) is 4.74 Å². The molecular formula is C16H21NO3. The Kier molecular flexibility index (Phi) is 6.78. The lowest BCUT2D eigenvalue weighted by molar-refractivity contribution is 0.0933. The number of carbonyl (C=O) groups is 1. The molecule has 20 heavy (non-hydrogen) atoms. The lowest BCUT2D eigenvalue weighted by atomic mass is 10.0. The van der Waals surface area contributed by atoms with Crippen LogP contribution in [0.5, 0.6) is 0 Å². The molecule has 0 aromatic heterocycles. The maximum absolute atomic E-state index is 12.2. The molecule has 0 heterocycles. The van der Waals surface area contributed by atoms with Gasteiger partial charge in [0.1, 0.15) is 6.61 Å². The van der Waals surface area contributed by atoms with Crippen LogP contribution in [0, 0.1) is 24.7 Å². The average Bonchev–Trinajstić information content (AvgIpc) is 2.44. The number of benzene rings is 1. The van der Waals surface area contributed by atoms with Crippen molar-refractivity contribution in [3.8, 4) is 11.8 Å². The Bertz CT molecular complexity index is 514. The van der Waals surface area contributed by atoms with E-state index in [2.05, 4.69) is 17.2 Å². The van der Waals surface area contributed by atoms with Gasteiger partial charge in [0.25, 0.3) is 5.91 Å². The van der Waals surface area contributed by atoms with Gasteiger partial charge in [0, 0.05) is 24.8 Å². The van der Waals surface area contributed by atoms with Gasteiger partial charge in [-0.05, 0) is 30.5 Å². The van der Waals surface area contributed by atoms with E-state index in [0.717, 1.165) is 11.1 Å². The first-order valence-electron chi connectivity index (χ1n) is 6.56. The zero-order valence-corrected chi connectivity index (χ0v) is 12.2. The first-order valence-corrected chi connectivity index (χ1v) is 6.56.